The highest BCUT2D eigenvalue weighted by molar-refractivity contribution is 7.47. The lowest BCUT2D eigenvalue weighted by atomic mass is 10.2. The number of hydrogen-bond acceptors (Lipinski definition) is 0. The van der Waals surface area contributed by atoms with Crippen molar-refractivity contribution in [3.05, 3.63) is 46.6 Å². The molecule has 0 saturated heterocycles. The van der Waals surface area contributed by atoms with Gasteiger partial charge in [0.05, 0.1) is 0 Å². The van der Waals surface area contributed by atoms with Crippen molar-refractivity contribution in [2.45, 2.75) is 38.8 Å². The molecule has 0 N–H and O–H groups in total. The lowest BCUT2D eigenvalue weighted by molar-refractivity contribution is 1.24. The zero-order valence-corrected chi connectivity index (χ0v) is 13.2. The Labute approximate surface area is 114 Å². The summed E-state index contributed by atoms with van der Waals surface area (Å²) in [7, 11) is 0. The smallest absolute Gasteiger partial charge is 0.144 e. The van der Waals surface area contributed by atoms with Gasteiger partial charge in [0.25, 0.3) is 6.69 Å². The van der Waals surface area contributed by atoms with E-state index < -0.39 is 6.69 Å². The largest absolute Gasteiger partial charge is 0.271 e. The van der Waals surface area contributed by atoms with Crippen LogP contribution in [0.15, 0.2) is 46.6 Å². The second kappa shape index (κ2) is 4.45. The van der Waals surface area contributed by atoms with Gasteiger partial charge in [-0.15, -0.1) is 22.2 Å². The highest BCUT2D eigenvalue weighted by Crippen LogP contribution is 2.49. The zero-order valence-electron chi connectivity index (χ0n) is 10.7. The van der Waals surface area contributed by atoms with Crippen LogP contribution in [0.1, 0.15) is 27.7 Å². The fourth-order valence-electron chi connectivity index (χ4n) is 2.37. The number of rotatable bonds is 2. The van der Waals surface area contributed by atoms with Crippen LogP contribution in [0.4, 0.5) is 0 Å². The van der Waals surface area contributed by atoms with Crippen molar-refractivity contribution in [2.75, 3.05) is 0 Å². The van der Waals surface area contributed by atoms with Crippen LogP contribution < -0.4 is 0 Å². The molecule has 2 aliphatic carbocycles. The summed E-state index contributed by atoms with van der Waals surface area (Å²) in [5.41, 5.74) is 5.73. The van der Waals surface area contributed by atoms with Gasteiger partial charge in [0, 0.05) is 11.1 Å². The van der Waals surface area contributed by atoms with Crippen LogP contribution in [0.25, 0.3) is 0 Å². The van der Waals surface area contributed by atoms with E-state index in [2.05, 4.69) is 52.0 Å². The average molecular weight is 285 g/mol. The normalized spacial score (nSPS) is 22.5. The summed E-state index contributed by atoms with van der Waals surface area (Å²) in [6.07, 6.45) is 8.91. The van der Waals surface area contributed by atoms with Crippen LogP contribution in [0.2, 0.25) is 11.1 Å². The van der Waals surface area contributed by atoms with Gasteiger partial charge >= 0.3 is 0 Å². The molecule has 0 aliphatic heterocycles. The van der Waals surface area contributed by atoms with E-state index in [1.165, 1.54) is 22.3 Å². The minimum absolute atomic E-state index is 0.238. The van der Waals surface area contributed by atoms with E-state index >= 15 is 0 Å². The van der Waals surface area contributed by atoms with Gasteiger partial charge in [0.15, 0.2) is 0 Å². The molecule has 3 heteroatoms. The number of hydrogen-bond donors (Lipinski definition) is 0. The Morgan fingerprint density at radius 3 is 1.18 bits per heavy atom. The molecule has 0 nitrogen and oxygen atoms in total. The van der Waals surface area contributed by atoms with E-state index in [9.17, 15) is 0 Å². The second-order valence-electron chi connectivity index (χ2n) is 5.12. The van der Waals surface area contributed by atoms with Crippen LogP contribution in [0, 0.1) is 0 Å². The molecule has 0 unspecified atom stereocenters. The van der Waals surface area contributed by atoms with E-state index in [0.29, 0.717) is 0 Å². The van der Waals surface area contributed by atoms with Crippen molar-refractivity contribution in [3.63, 3.8) is 0 Å². The molecule has 0 atom stereocenters. The molecule has 2 rings (SSSR count). The Morgan fingerprint density at radius 1 is 0.706 bits per heavy atom. The second-order valence-corrected chi connectivity index (χ2v) is 12.1. The van der Waals surface area contributed by atoms with Crippen molar-refractivity contribution in [1.82, 2.24) is 0 Å². The molecule has 17 heavy (non-hydrogen) atoms. The highest BCUT2D eigenvalue weighted by atomic mass is 35.7. The lowest BCUT2D eigenvalue weighted by Gasteiger charge is -2.25. The maximum Gasteiger partial charge on any atom is 0.271 e. The van der Waals surface area contributed by atoms with Gasteiger partial charge in [-0.3, -0.25) is 0 Å². The zero-order chi connectivity index (χ0) is 12.8. The summed E-state index contributed by atoms with van der Waals surface area (Å²) in [6.45, 7) is 6.14. The minimum atomic E-state index is -2.37. The predicted octanol–water partition coefficient (Wildman–Crippen LogP) is 5.46. The van der Waals surface area contributed by atoms with Crippen molar-refractivity contribution in [3.8, 4) is 0 Å². The summed E-state index contributed by atoms with van der Waals surface area (Å²) < 4.78 is 0. The third-order valence-corrected chi connectivity index (χ3v) is 9.32. The molecular weight excluding hydrogens is 267 g/mol. The third kappa shape index (κ3) is 2.33. The Kier molecular flexibility index (Phi) is 3.46. The van der Waals surface area contributed by atoms with E-state index in [4.69, 9.17) is 22.2 Å². The first kappa shape index (κ1) is 13.2. The third-order valence-electron chi connectivity index (χ3n) is 3.85. The first-order valence-corrected chi connectivity index (χ1v) is 10.1. The molecule has 0 spiro atoms. The van der Waals surface area contributed by atoms with Gasteiger partial charge in [-0.25, -0.2) is 0 Å². The number of halogens is 2. The SMILES string of the molecule is CC1=CC([Si](Cl)(Cl)C2C=C(C)C(C)=C2)C=C1C. The molecule has 0 radical (unpaired) electrons. The molecule has 0 aromatic rings. The monoisotopic (exact) mass is 284 g/mol. The Balaban J connectivity index is 2.28. The molecular formula is C14H18Cl2Si. The van der Waals surface area contributed by atoms with E-state index in [0.717, 1.165) is 0 Å². The quantitative estimate of drug-likeness (QED) is 0.467. The fourth-order valence-corrected chi connectivity index (χ4v) is 6.21. The van der Waals surface area contributed by atoms with Crippen molar-refractivity contribution >= 4 is 28.9 Å². The van der Waals surface area contributed by atoms with E-state index in [-0.39, 0.29) is 11.1 Å². The maximum absolute atomic E-state index is 6.74. The van der Waals surface area contributed by atoms with Crippen molar-refractivity contribution < 1.29 is 0 Å². The van der Waals surface area contributed by atoms with Crippen LogP contribution in [-0.2, 0) is 0 Å². The van der Waals surface area contributed by atoms with Gasteiger partial charge in [-0.05, 0) is 27.7 Å². The number of allylic oxidation sites excluding steroid dienone is 8. The van der Waals surface area contributed by atoms with Crippen LogP contribution in [0.3, 0.4) is 0 Å². The minimum Gasteiger partial charge on any atom is -0.144 e. The molecule has 92 valence electrons. The van der Waals surface area contributed by atoms with Gasteiger partial charge in [0.2, 0.25) is 0 Å². The topological polar surface area (TPSA) is 0 Å². The summed E-state index contributed by atoms with van der Waals surface area (Å²) in [5, 5.41) is 0. The van der Waals surface area contributed by atoms with Crippen molar-refractivity contribution in [2.24, 2.45) is 0 Å². The predicted molar refractivity (Wildman–Crippen MR) is 80.0 cm³/mol. The van der Waals surface area contributed by atoms with Crippen LogP contribution in [0.5, 0.6) is 0 Å². The first-order valence-electron chi connectivity index (χ1n) is 5.94. The van der Waals surface area contributed by atoms with Gasteiger partial charge in [0.1, 0.15) is 0 Å². The molecule has 0 aromatic carbocycles. The lowest BCUT2D eigenvalue weighted by Crippen LogP contribution is -2.28. The van der Waals surface area contributed by atoms with Gasteiger partial charge < -0.3 is 0 Å². The molecule has 0 amide bonds. The Morgan fingerprint density at radius 2 is 0.941 bits per heavy atom. The standard InChI is InChI=1S/C14H18Cl2Si/c1-9-5-13(6-10(9)2)17(15,16)14-7-11(3)12(4)8-14/h5-8,13-14H,1-4H3. The van der Waals surface area contributed by atoms with E-state index in [1.807, 2.05) is 0 Å². The van der Waals surface area contributed by atoms with Gasteiger partial charge in [-0.1, -0.05) is 46.6 Å². The molecule has 0 saturated carbocycles. The van der Waals surface area contributed by atoms with Crippen LogP contribution in [-0.4, -0.2) is 6.69 Å². The summed E-state index contributed by atoms with van der Waals surface area (Å²) in [5.74, 6) is 0. The maximum atomic E-state index is 6.74. The first-order chi connectivity index (χ1) is 7.82. The van der Waals surface area contributed by atoms with Gasteiger partial charge in [-0.2, -0.15) is 0 Å². The summed E-state index contributed by atoms with van der Waals surface area (Å²) in [6, 6.07) is 0. The molecule has 0 heterocycles. The molecule has 0 bridgehead atoms. The summed E-state index contributed by atoms with van der Waals surface area (Å²) in [4.78, 5) is 0. The Bertz CT molecular complexity index is 389. The van der Waals surface area contributed by atoms with Crippen LogP contribution >= 0.6 is 22.2 Å². The molecule has 0 fully saturated rings. The van der Waals surface area contributed by atoms with Crippen molar-refractivity contribution in [1.29, 1.82) is 0 Å². The highest BCUT2D eigenvalue weighted by Gasteiger charge is 2.44. The summed E-state index contributed by atoms with van der Waals surface area (Å²) >= 11 is 13.5. The molecule has 0 aromatic heterocycles. The fraction of sp³-hybridized carbons (Fsp3) is 0.429. The average Bonchev–Trinajstić information content (AvgIpc) is 2.74. The van der Waals surface area contributed by atoms with E-state index in [1.54, 1.807) is 0 Å². The Hall–Kier alpha value is -0.243. The molecule has 2 aliphatic rings.